The average molecular weight is 174 g/mol. The summed E-state index contributed by atoms with van der Waals surface area (Å²) in [4.78, 5) is 21.6. The Kier molecular flexibility index (Phi) is 3.75. The molecule has 68 valence electrons. The van der Waals surface area contributed by atoms with Gasteiger partial charge in [0.2, 0.25) is 0 Å². The second kappa shape index (κ2) is 4.32. The van der Waals surface area contributed by atoms with E-state index in [4.69, 9.17) is 0 Å². The van der Waals surface area contributed by atoms with E-state index in [0.29, 0.717) is 0 Å². The number of carbonyl (C=O) groups is 1. The number of methoxy groups -OCH3 is 1. The lowest BCUT2D eigenvalue weighted by atomic mass is 10.5. The summed E-state index contributed by atoms with van der Waals surface area (Å²) in [6, 6.07) is 0. The van der Waals surface area contributed by atoms with Gasteiger partial charge in [0.1, 0.15) is 0 Å². The van der Waals surface area contributed by atoms with Gasteiger partial charge in [0.05, 0.1) is 18.2 Å². The molecule has 6 heteroatoms. The smallest absolute Gasteiger partial charge is 0.411 e. The SMILES string of the molecule is COC(=O)C(=CN(C)C)[N+](=O)[O-]. The molecule has 0 rings (SSSR count). The van der Waals surface area contributed by atoms with Crippen molar-refractivity contribution in [1.29, 1.82) is 0 Å². The average Bonchev–Trinajstić information content (AvgIpc) is 1.98. The van der Waals surface area contributed by atoms with Crippen LogP contribution in [0.4, 0.5) is 0 Å². The van der Waals surface area contributed by atoms with E-state index < -0.39 is 16.6 Å². The minimum atomic E-state index is -0.950. The van der Waals surface area contributed by atoms with Crippen molar-refractivity contribution in [2.24, 2.45) is 0 Å². The monoisotopic (exact) mass is 174 g/mol. The van der Waals surface area contributed by atoms with Crippen LogP contribution >= 0.6 is 0 Å². The quantitative estimate of drug-likeness (QED) is 0.257. The lowest BCUT2D eigenvalue weighted by Gasteiger charge is -2.03. The van der Waals surface area contributed by atoms with Gasteiger partial charge in [-0.05, 0) is 0 Å². The number of esters is 1. The Morgan fingerprint density at radius 2 is 2.08 bits per heavy atom. The van der Waals surface area contributed by atoms with E-state index >= 15 is 0 Å². The minimum absolute atomic E-state index is 0.581. The first-order valence-corrected chi connectivity index (χ1v) is 3.10. The number of nitro groups is 1. The largest absolute Gasteiger partial charge is 0.461 e. The molecular formula is C6H10N2O4. The Bertz CT molecular complexity index is 222. The molecule has 0 aromatic carbocycles. The summed E-state index contributed by atoms with van der Waals surface area (Å²) in [6.45, 7) is 0. The van der Waals surface area contributed by atoms with Crippen molar-refractivity contribution in [3.63, 3.8) is 0 Å². The summed E-state index contributed by atoms with van der Waals surface area (Å²) in [6.07, 6.45) is 1.09. The third-order valence-electron chi connectivity index (χ3n) is 0.972. The summed E-state index contributed by atoms with van der Waals surface area (Å²) >= 11 is 0. The molecule has 6 nitrogen and oxygen atoms in total. The van der Waals surface area contributed by atoms with Crippen molar-refractivity contribution in [3.05, 3.63) is 22.0 Å². The van der Waals surface area contributed by atoms with E-state index in [1.807, 2.05) is 0 Å². The molecule has 0 unspecified atom stereocenters. The van der Waals surface area contributed by atoms with Crippen LogP contribution in [0, 0.1) is 10.1 Å². The molecule has 0 radical (unpaired) electrons. The van der Waals surface area contributed by atoms with E-state index in [1.54, 1.807) is 14.1 Å². The number of hydrogen-bond acceptors (Lipinski definition) is 5. The van der Waals surface area contributed by atoms with Gasteiger partial charge in [-0.1, -0.05) is 0 Å². The van der Waals surface area contributed by atoms with E-state index in [9.17, 15) is 14.9 Å². The van der Waals surface area contributed by atoms with Gasteiger partial charge in [0.15, 0.2) is 0 Å². The third-order valence-corrected chi connectivity index (χ3v) is 0.972. The first kappa shape index (κ1) is 10.4. The van der Waals surface area contributed by atoms with Crippen molar-refractivity contribution in [1.82, 2.24) is 4.90 Å². The Hall–Kier alpha value is -1.59. The summed E-state index contributed by atoms with van der Waals surface area (Å²) in [5.74, 6) is -0.950. The van der Waals surface area contributed by atoms with Crippen LogP contribution in [-0.2, 0) is 9.53 Å². The van der Waals surface area contributed by atoms with Gasteiger partial charge in [0.25, 0.3) is 0 Å². The molecule has 0 amide bonds. The zero-order chi connectivity index (χ0) is 9.72. The molecule has 0 aliphatic heterocycles. The van der Waals surface area contributed by atoms with E-state index in [2.05, 4.69) is 4.74 Å². The van der Waals surface area contributed by atoms with Gasteiger partial charge < -0.3 is 9.64 Å². The van der Waals surface area contributed by atoms with Gasteiger partial charge in [-0.2, -0.15) is 0 Å². The molecule has 0 aromatic heterocycles. The number of carbonyl (C=O) groups excluding carboxylic acids is 1. The number of nitrogens with zero attached hydrogens (tertiary/aromatic N) is 2. The lowest BCUT2D eigenvalue weighted by Crippen LogP contribution is -2.16. The van der Waals surface area contributed by atoms with Crippen LogP contribution in [0.1, 0.15) is 0 Å². The fraction of sp³-hybridized carbons (Fsp3) is 0.500. The summed E-state index contributed by atoms with van der Waals surface area (Å²) in [7, 11) is 4.24. The van der Waals surface area contributed by atoms with E-state index in [0.717, 1.165) is 13.3 Å². The highest BCUT2D eigenvalue weighted by molar-refractivity contribution is 5.85. The Morgan fingerprint density at radius 1 is 1.58 bits per heavy atom. The molecule has 0 heterocycles. The summed E-state index contributed by atoms with van der Waals surface area (Å²) < 4.78 is 4.20. The van der Waals surface area contributed by atoms with Gasteiger partial charge >= 0.3 is 11.7 Å². The lowest BCUT2D eigenvalue weighted by molar-refractivity contribution is -0.422. The van der Waals surface area contributed by atoms with Crippen LogP contribution in [0.2, 0.25) is 0 Å². The maximum atomic E-state index is 10.7. The predicted molar refractivity (Wildman–Crippen MR) is 40.8 cm³/mol. The molecule has 0 atom stereocenters. The topological polar surface area (TPSA) is 72.7 Å². The van der Waals surface area contributed by atoms with Crippen molar-refractivity contribution in [2.45, 2.75) is 0 Å². The highest BCUT2D eigenvalue weighted by atomic mass is 16.6. The molecule has 0 aliphatic rings. The normalized spacial score (nSPS) is 10.8. The molecule has 0 saturated carbocycles. The van der Waals surface area contributed by atoms with Crippen molar-refractivity contribution in [3.8, 4) is 0 Å². The maximum Gasteiger partial charge on any atom is 0.411 e. The van der Waals surface area contributed by atoms with Crippen molar-refractivity contribution < 1.29 is 14.5 Å². The second-order valence-electron chi connectivity index (χ2n) is 2.23. The van der Waals surface area contributed by atoms with E-state index in [-0.39, 0.29) is 0 Å². The maximum absolute atomic E-state index is 10.7. The van der Waals surface area contributed by atoms with Crippen LogP contribution < -0.4 is 0 Å². The van der Waals surface area contributed by atoms with E-state index in [1.165, 1.54) is 4.90 Å². The third kappa shape index (κ3) is 3.00. The van der Waals surface area contributed by atoms with Gasteiger partial charge in [0, 0.05) is 14.1 Å². The summed E-state index contributed by atoms with van der Waals surface area (Å²) in [5, 5.41) is 10.2. The molecule has 0 N–H and O–H groups in total. The van der Waals surface area contributed by atoms with Crippen molar-refractivity contribution in [2.75, 3.05) is 21.2 Å². The molecular weight excluding hydrogens is 164 g/mol. The highest BCUT2D eigenvalue weighted by Crippen LogP contribution is 1.98. The number of rotatable bonds is 3. The highest BCUT2D eigenvalue weighted by Gasteiger charge is 2.22. The van der Waals surface area contributed by atoms with Gasteiger partial charge in [-0.25, -0.2) is 4.79 Å². The molecule has 0 saturated heterocycles. The second-order valence-corrected chi connectivity index (χ2v) is 2.23. The zero-order valence-electron chi connectivity index (χ0n) is 7.10. The Labute approximate surface area is 69.6 Å². The van der Waals surface area contributed by atoms with Gasteiger partial charge in [-0.3, -0.25) is 10.1 Å². The van der Waals surface area contributed by atoms with Crippen LogP contribution in [0.3, 0.4) is 0 Å². The van der Waals surface area contributed by atoms with Gasteiger partial charge in [-0.15, -0.1) is 0 Å². The predicted octanol–water partition coefficient (Wildman–Crippen LogP) is -0.161. The minimum Gasteiger partial charge on any atom is -0.461 e. The standard InChI is InChI=1S/C6H10N2O4/c1-7(2)4-5(8(10)11)6(9)12-3/h4H,1-3H3. The van der Waals surface area contributed by atoms with Crippen LogP contribution in [0.25, 0.3) is 0 Å². The summed E-state index contributed by atoms with van der Waals surface area (Å²) in [5.41, 5.74) is -0.581. The fourth-order valence-corrected chi connectivity index (χ4v) is 0.524. The Morgan fingerprint density at radius 3 is 2.33 bits per heavy atom. The van der Waals surface area contributed by atoms with Crippen LogP contribution in [0.5, 0.6) is 0 Å². The molecule has 0 spiro atoms. The molecule has 12 heavy (non-hydrogen) atoms. The first-order valence-electron chi connectivity index (χ1n) is 3.10. The van der Waals surface area contributed by atoms with Crippen molar-refractivity contribution >= 4 is 5.97 Å². The molecule has 0 fully saturated rings. The zero-order valence-corrected chi connectivity index (χ0v) is 7.10. The van der Waals surface area contributed by atoms with Crippen LogP contribution in [-0.4, -0.2) is 37.0 Å². The molecule has 0 aromatic rings. The molecule has 0 aliphatic carbocycles. The number of ether oxygens (including phenoxy) is 1. The Balaban J connectivity index is 4.67. The first-order chi connectivity index (χ1) is 5.49. The van der Waals surface area contributed by atoms with Crippen LogP contribution in [0.15, 0.2) is 11.9 Å². The number of hydrogen-bond donors (Lipinski definition) is 0. The molecule has 0 bridgehead atoms. The fourth-order valence-electron chi connectivity index (χ4n) is 0.524.